The molecule has 5 nitrogen and oxygen atoms in total. The van der Waals surface area contributed by atoms with Crippen LogP contribution in [0.25, 0.3) is 0 Å². The topological polar surface area (TPSA) is 98.0 Å². The third-order valence-corrected chi connectivity index (χ3v) is 12.0. The molecule has 0 radical (unpaired) electrons. The normalized spacial score (nSPS) is 29.3. The first-order chi connectivity index (χ1) is 23.1. The van der Waals surface area contributed by atoms with E-state index in [1.54, 1.807) is 12.1 Å². The van der Waals surface area contributed by atoms with Crippen LogP contribution in [0, 0.1) is 29.1 Å². The van der Waals surface area contributed by atoms with Gasteiger partial charge in [0.05, 0.1) is 18.1 Å². The first kappa shape index (κ1) is 40.3. The predicted octanol–water partition coefficient (Wildman–Crippen LogP) is 9.95. The van der Waals surface area contributed by atoms with Gasteiger partial charge in [0.1, 0.15) is 5.75 Å². The molecule has 50 heavy (non-hydrogen) atoms. The van der Waals surface area contributed by atoms with E-state index in [1.807, 2.05) is 6.07 Å². The number of carboxylic acids is 1. The second-order valence-electron chi connectivity index (χ2n) is 14.9. The lowest BCUT2D eigenvalue weighted by Crippen LogP contribution is -2.60. The van der Waals surface area contributed by atoms with Crippen molar-refractivity contribution in [3.05, 3.63) is 41.5 Å². The molecule has 5 unspecified atom stereocenters. The summed E-state index contributed by atoms with van der Waals surface area (Å²) >= 11 is 0. The zero-order valence-corrected chi connectivity index (χ0v) is 28.0. The number of benzene rings is 1. The van der Waals surface area contributed by atoms with Gasteiger partial charge in [0.15, 0.2) is 0 Å². The summed E-state index contributed by atoms with van der Waals surface area (Å²) in [6, 6.07) is 5.19. The third-order valence-electron chi connectivity index (χ3n) is 12.0. The van der Waals surface area contributed by atoms with Crippen molar-refractivity contribution in [2.45, 2.75) is 139 Å². The fourth-order valence-corrected chi connectivity index (χ4v) is 8.99. The molecule has 0 heterocycles. The first-order valence-electron chi connectivity index (χ1n) is 17.4. The molecule has 0 aliphatic heterocycles. The van der Waals surface area contributed by atoms with Crippen molar-refractivity contribution in [2.24, 2.45) is 29.1 Å². The van der Waals surface area contributed by atoms with E-state index in [9.17, 15) is 64.7 Å². The van der Waals surface area contributed by atoms with Crippen LogP contribution in [-0.2, 0) is 4.79 Å². The highest BCUT2D eigenvalue weighted by molar-refractivity contribution is 5.69. The van der Waals surface area contributed by atoms with Crippen molar-refractivity contribution in [3.63, 3.8) is 0 Å². The number of phenolic OH excluding ortho intramolecular Hbond substituents is 1. The smallest absolute Gasteiger partial charge is 0.460 e. The van der Waals surface area contributed by atoms with Crippen molar-refractivity contribution in [1.82, 2.24) is 0 Å². The molecule has 284 valence electrons. The van der Waals surface area contributed by atoms with Gasteiger partial charge < -0.3 is 20.4 Å². The molecule has 1 aromatic carbocycles. The maximum Gasteiger partial charge on any atom is 0.460 e. The zero-order valence-electron chi connectivity index (χ0n) is 28.0. The quantitative estimate of drug-likeness (QED) is 0.0772. The fourth-order valence-electron chi connectivity index (χ4n) is 8.99. The van der Waals surface area contributed by atoms with Gasteiger partial charge in [-0.3, -0.25) is 4.79 Å². The molecule has 2 fully saturated rings. The Morgan fingerprint density at radius 1 is 0.900 bits per heavy atom. The minimum Gasteiger partial charge on any atom is -0.508 e. The molecule has 3 aliphatic carbocycles. The Labute approximate surface area is 286 Å². The number of aromatic hydroxyl groups is 1. The van der Waals surface area contributed by atoms with E-state index in [-0.39, 0.29) is 47.7 Å². The molecule has 0 amide bonds. The minimum atomic E-state index is -7.00. The van der Waals surface area contributed by atoms with Gasteiger partial charge in [0.2, 0.25) is 0 Å². The maximum absolute atomic E-state index is 13.9. The van der Waals surface area contributed by atoms with Gasteiger partial charge in [0.25, 0.3) is 0 Å². The molecule has 0 saturated heterocycles. The van der Waals surface area contributed by atoms with E-state index in [4.69, 9.17) is 0 Å². The van der Waals surface area contributed by atoms with Gasteiger partial charge in [-0.05, 0) is 96.4 Å². The number of hydrogen-bond acceptors (Lipinski definition) is 4. The van der Waals surface area contributed by atoms with Crippen LogP contribution in [-0.4, -0.2) is 56.4 Å². The van der Waals surface area contributed by atoms with E-state index in [1.165, 1.54) is 0 Å². The highest BCUT2D eigenvalue weighted by atomic mass is 19.4. The van der Waals surface area contributed by atoms with Gasteiger partial charge in [-0.1, -0.05) is 64.5 Å². The van der Waals surface area contributed by atoms with Crippen LogP contribution in [0.3, 0.4) is 0 Å². The SMILES string of the molecule is C=C1[C@H](O)CC2C3C(CC[C@]12C)c1ccc(O)cc1[C@H](O)C3CCCCCCCCCC(CCC(F)(F)C(F)(F)C(F)(F)C(F)(F)F)C(=O)O. The van der Waals surface area contributed by atoms with Crippen molar-refractivity contribution in [1.29, 1.82) is 0 Å². The lowest BCUT2D eigenvalue weighted by molar-refractivity contribution is -0.396. The van der Waals surface area contributed by atoms with Crippen molar-refractivity contribution < 1.29 is 64.7 Å². The first-order valence-corrected chi connectivity index (χ1v) is 17.4. The maximum atomic E-state index is 13.9. The van der Waals surface area contributed by atoms with E-state index >= 15 is 0 Å². The molecule has 3 aliphatic rings. The summed E-state index contributed by atoms with van der Waals surface area (Å²) in [5.41, 5.74) is 2.42. The molecule has 0 bridgehead atoms. The van der Waals surface area contributed by atoms with Crippen LogP contribution < -0.4 is 0 Å². The number of phenols is 1. The Hall–Kier alpha value is -2.48. The van der Waals surface area contributed by atoms with Crippen molar-refractivity contribution in [2.75, 3.05) is 0 Å². The highest BCUT2D eigenvalue weighted by Gasteiger charge is 2.81. The lowest BCUT2D eigenvalue weighted by Gasteiger charge is -2.53. The van der Waals surface area contributed by atoms with E-state index in [0.29, 0.717) is 19.3 Å². The van der Waals surface area contributed by atoms with Crippen molar-refractivity contribution >= 4 is 5.97 Å². The number of aliphatic carboxylic acids is 1. The Balaban J connectivity index is 1.24. The number of aliphatic hydroxyl groups is 2. The molecule has 0 spiro atoms. The summed E-state index contributed by atoms with van der Waals surface area (Å²) in [7, 11) is 0. The zero-order chi connectivity index (χ0) is 37.4. The highest BCUT2D eigenvalue weighted by Crippen LogP contribution is 2.65. The van der Waals surface area contributed by atoms with Crippen LogP contribution in [0.5, 0.6) is 5.75 Å². The number of aliphatic hydroxyl groups excluding tert-OH is 2. The number of unbranched alkanes of at least 4 members (excludes halogenated alkanes) is 6. The Bertz CT molecular complexity index is 1370. The molecule has 2 saturated carbocycles. The summed E-state index contributed by atoms with van der Waals surface area (Å²) < 4.78 is 118. The summed E-state index contributed by atoms with van der Waals surface area (Å²) in [5.74, 6) is -22.3. The van der Waals surface area contributed by atoms with Crippen LogP contribution in [0.4, 0.5) is 39.5 Å². The number of rotatable bonds is 16. The average molecular weight is 731 g/mol. The molecule has 14 heteroatoms. The lowest BCUT2D eigenvalue weighted by atomic mass is 9.51. The fraction of sp³-hybridized carbons (Fsp3) is 0.750. The van der Waals surface area contributed by atoms with Gasteiger partial charge in [0, 0.05) is 6.42 Å². The molecular formula is C36H47F9O5. The third kappa shape index (κ3) is 7.52. The van der Waals surface area contributed by atoms with E-state index < -0.39 is 60.9 Å². The monoisotopic (exact) mass is 730 g/mol. The number of carboxylic acid groups (broad SMARTS) is 1. The Morgan fingerprint density at radius 3 is 2.10 bits per heavy atom. The second kappa shape index (κ2) is 14.9. The van der Waals surface area contributed by atoms with Crippen LogP contribution in [0.15, 0.2) is 30.4 Å². The van der Waals surface area contributed by atoms with E-state index in [0.717, 1.165) is 61.6 Å². The number of carbonyl (C=O) groups is 1. The minimum absolute atomic E-state index is 0.0861. The molecule has 8 atom stereocenters. The summed E-state index contributed by atoms with van der Waals surface area (Å²) in [5, 5.41) is 41.8. The van der Waals surface area contributed by atoms with Gasteiger partial charge in [-0.25, -0.2) is 0 Å². The summed E-state index contributed by atoms with van der Waals surface area (Å²) in [6.45, 7) is 6.38. The number of halogens is 9. The van der Waals surface area contributed by atoms with Crippen LogP contribution in [0.1, 0.15) is 120 Å². The van der Waals surface area contributed by atoms with Crippen LogP contribution in [0.2, 0.25) is 0 Å². The molecule has 1 aromatic rings. The number of hydrogen-bond donors (Lipinski definition) is 4. The number of alkyl halides is 9. The predicted molar refractivity (Wildman–Crippen MR) is 166 cm³/mol. The number of fused-ring (bicyclic) bond motifs is 5. The second-order valence-corrected chi connectivity index (χ2v) is 14.9. The Kier molecular flexibility index (Phi) is 12.0. The van der Waals surface area contributed by atoms with Crippen molar-refractivity contribution in [3.8, 4) is 5.75 Å². The molecule has 4 rings (SSSR count). The van der Waals surface area contributed by atoms with E-state index in [2.05, 4.69) is 13.5 Å². The van der Waals surface area contributed by atoms with Gasteiger partial charge in [-0.2, -0.15) is 39.5 Å². The van der Waals surface area contributed by atoms with Gasteiger partial charge >= 0.3 is 29.9 Å². The van der Waals surface area contributed by atoms with Crippen LogP contribution >= 0.6 is 0 Å². The standard InChI is InChI=1S/C36H47F9O5/c1-20-28(47)19-27-29-24(15-16-32(20,27)2)23-13-12-22(46)18-26(23)30(48)25(29)11-9-7-5-3-4-6-8-10-21(31(49)50)14-17-33(37,38)34(39,40)35(41,42)36(43,44)45/h12-13,18,21,24-25,27-30,46-48H,1,3-11,14-17,19H2,2H3,(H,49,50)/t21?,24?,25?,27?,28-,29?,30-,32-/m1/s1. The summed E-state index contributed by atoms with van der Waals surface area (Å²) in [4.78, 5) is 11.5. The summed E-state index contributed by atoms with van der Waals surface area (Å²) in [6.07, 6.45) is -4.26. The molecular weight excluding hydrogens is 683 g/mol. The molecule has 0 aromatic heterocycles. The molecule has 4 N–H and O–H groups in total. The largest absolute Gasteiger partial charge is 0.508 e. The average Bonchev–Trinajstić information content (AvgIpc) is 3.25. The van der Waals surface area contributed by atoms with Gasteiger partial charge in [-0.15, -0.1) is 0 Å². The Morgan fingerprint density at radius 2 is 1.50 bits per heavy atom.